The van der Waals surface area contributed by atoms with Gasteiger partial charge in [0.1, 0.15) is 5.69 Å². The number of carbonyl (C=O) groups excluding carboxylic acids is 1. The molecule has 18 heavy (non-hydrogen) atoms. The van der Waals surface area contributed by atoms with Crippen LogP contribution in [0, 0.1) is 5.92 Å². The van der Waals surface area contributed by atoms with Gasteiger partial charge < -0.3 is 15.2 Å². The minimum atomic E-state index is 0.114. The second-order valence-corrected chi connectivity index (χ2v) is 5.69. The fourth-order valence-corrected chi connectivity index (χ4v) is 2.69. The maximum atomic E-state index is 12.2. The summed E-state index contributed by atoms with van der Waals surface area (Å²) in [7, 11) is 0. The summed E-state index contributed by atoms with van der Waals surface area (Å²) in [4.78, 5) is 17.1. The van der Waals surface area contributed by atoms with Gasteiger partial charge in [-0.05, 0) is 53.8 Å². The molecular weight excluding hydrogens is 294 g/mol. The highest BCUT2D eigenvalue weighted by Gasteiger charge is 2.23. The average molecular weight is 314 g/mol. The van der Waals surface area contributed by atoms with Crippen LogP contribution in [0.3, 0.4) is 0 Å². The Hall–Kier alpha value is -0.810. The first kappa shape index (κ1) is 13.6. The number of piperidine rings is 1. The summed E-state index contributed by atoms with van der Waals surface area (Å²) in [5.74, 6) is 0.826. The molecular formula is C13H20BrN3O. The maximum absolute atomic E-state index is 12.2. The topological polar surface area (TPSA) is 48.1 Å². The van der Waals surface area contributed by atoms with Gasteiger partial charge in [0.25, 0.3) is 5.91 Å². The number of H-pyrrole nitrogens is 1. The molecule has 4 nitrogen and oxygen atoms in total. The Labute approximate surface area is 116 Å². The van der Waals surface area contributed by atoms with E-state index in [-0.39, 0.29) is 5.91 Å². The quantitative estimate of drug-likeness (QED) is 0.895. The number of rotatable bonds is 4. The van der Waals surface area contributed by atoms with Gasteiger partial charge in [0.15, 0.2) is 0 Å². The van der Waals surface area contributed by atoms with Crippen molar-refractivity contribution in [1.29, 1.82) is 0 Å². The number of amides is 1. The molecule has 0 aromatic carbocycles. The van der Waals surface area contributed by atoms with Crippen LogP contribution in [0.2, 0.25) is 0 Å². The van der Waals surface area contributed by atoms with Crippen molar-refractivity contribution in [2.75, 3.05) is 26.2 Å². The van der Waals surface area contributed by atoms with Gasteiger partial charge in [-0.15, -0.1) is 0 Å². The monoisotopic (exact) mass is 313 g/mol. The van der Waals surface area contributed by atoms with Crippen LogP contribution in [0.5, 0.6) is 0 Å². The Kier molecular flexibility index (Phi) is 4.83. The highest BCUT2D eigenvalue weighted by atomic mass is 79.9. The molecule has 1 aromatic rings. The first-order chi connectivity index (χ1) is 8.70. The van der Waals surface area contributed by atoms with E-state index in [9.17, 15) is 4.79 Å². The van der Waals surface area contributed by atoms with E-state index in [2.05, 4.69) is 33.2 Å². The summed E-state index contributed by atoms with van der Waals surface area (Å²) < 4.78 is 0.924. The minimum Gasteiger partial charge on any atom is -0.356 e. The summed E-state index contributed by atoms with van der Waals surface area (Å²) in [6.45, 7) is 5.96. The van der Waals surface area contributed by atoms with Gasteiger partial charge in [-0.2, -0.15) is 0 Å². The van der Waals surface area contributed by atoms with Gasteiger partial charge in [0, 0.05) is 23.8 Å². The molecule has 0 atom stereocenters. The van der Waals surface area contributed by atoms with Crippen LogP contribution in [0.25, 0.3) is 0 Å². The summed E-state index contributed by atoms with van der Waals surface area (Å²) in [6, 6.07) is 1.84. The first-order valence-corrected chi connectivity index (χ1v) is 7.34. The summed E-state index contributed by atoms with van der Waals surface area (Å²) in [5.41, 5.74) is 0.673. The lowest BCUT2D eigenvalue weighted by Gasteiger charge is -2.31. The van der Waals surface area contributed by atoms with E-state index < -0.39 is 0 Å². The number of carbonyl (C=O) groups is 1. The fourth-order valence-electron chi connectivity index (χ4n) is 2.35. The zero-order chi connectivity index (χ0) is 13.0. The number of aromatic nitrogens is 1. The highest BCUT2D eigenvalue weighted by molar-refractivity contribution is 9.10. The number of hydrogen-bond acceptors (Lipinski definition) is 2. The molecule has 0 bridgehead atoms. The van der Waals surface area contributed by atoms with E-state index in [4.69, 9.17) is 0 Å². The lowest BCUT2D eigenvalue weighted by atomic mass is 9.96. The van der Waals surface area contributed by atoms with Crippen molar-refractivity contribution in [3.8, 4) is 0 Å². The van der Waals surface area contributed by atoms with Crippen molar-refractivity contribution in [2.45, 2.75) is 19.8 Å². The highest BCUT2D eigenvalue weighted by Crippen LogP contribution is 2.19. The lowest BCUT2D eigenvalue weighted by molar-refractivity contribution is 0.0685. The van der Waals surface area contributed by atoms with Gasteiger partial charge in [0.2, 0.25) is 0 Å². The van der Waals surface area contributed by atoms with E-state index in [0.29, 0.717) is 11.6 Å². The standard InChI is InChI=1S/C13H20BrN3O/c1-2-15-8-10-3-5-17(6-4-10)13(18)12-7-11(14)9-16-12/h7,9-10,15-16H,2-6,8H2,1H3. The molecule has 0 aliphatic carbocycles. The van der Waals surface area contributed by atoms with Crippen LogP contribution in [-0.4, -0.2) is 42.0 Å². The van der Waals surface area contributed by atoms with Crippen molar-refractivity contribution in [3.05, 3.63) is 22.4 Å². The molecule has 5 heteroatoms. The summed E-state index contributed by atoms with van der Waals surface area (Å²) in [5, 5.41) is 3.38. The molecule has 1 aromatic heterocycles. The van der Waals surface area contributed by atoms with Gasteiger partial charge >= 0.3 is 0 Å². The first-order valence-electron chi connectivity index (χ1n) is 6.54. The van der Waals surface area contributed by atoms with Crippen molar-refractivity contribution in [1.82, 2.24) is 15.2 Å². The predicted octanol–water partition coefficient (Wildman–Crippen LogP) is 2.24. The molecule has 0 radical (unpaired) electrons. The zero-order valence-electron chi connectivity index (χ0n) is 10.7. The molecule has 1 fully saturated rings. The number of hydrogen-bond donors (Lipinski definition) is 2. The number of nitrogens with one attached hydrogen (secondary N) is 2. The molecule has 1 aliphatic heterocycles. The zero-order valence-corrected chi connectivity index (χ0v) is 12.3. The second-order valence-electron chi connectivity index (χ2n) is 4.77. The van der Waals surface area contributed by atoms with Crippen molar-refractivity contribution < 1.29 is 4.79 Å². The minimum absolute atomic E-state index is 0.114. The van der Waals surface area contributed by atoms with E-state index >= 15 is 0 Å². The SMILES string of the molecule is CCNCC1CCN(C(=O)c2cc(Br)c[nH]2)CC1. The third-order valence-corrected chi connectivity index (χ3v) is 3.92. The molecule has 0 saturated carbocycles. The smallest absolute Gasteiger partial charge is 0.270 e. The number of aromatic amines is 1. The summed E-state index contributed by atoms with van der Waals surface area (Å²) in [6.07, 6.45) is 3.99. The van der Waals surface area contributed by atoms with Crippen LogP contribution in [0.1, 0.15) is 30.3 Å². The third kappa shape index (κ3) is 3.36. The number of likely N-dealkylation sites (tertiary alicyclic amines) is 1. The lowest BCUT2D eigenvalue weighted by Crippen LogP contribution is -2.40. The van der Waals surface area contributed by atoms with Gasteiger partial charge in [-0.3, -0.25) is 4.79 Å². The Morgan fingerprint density at radius 2 is 2.28 bits per heavy atom. The van der Waals surface area contributed by atoms with Crippen LogP contribution in [0.4, 0.5) is 0 Å². The largest absolute Gasteiger partial charge is 0.356 e. The van der Waals surface area contributed by atoms with Crippen LogP contribution < -0.4 is 5.32 Å². The fraction of sp³-hybridized carbons (Fsp3) is 0.615. The van der Waals surface area contributed by atoms with Gasteiger partial charge in [-0.1, -0.05) is 6.92 Å². The Morgan fingerprint density at radius 3 is 2.83 bits per heavy atom. The molecule has 2 heterocycles. The summed E-state index contributed by atoms with van der Waals surface area (Å²) >= 11 is 3.35. The Morgan fingerprint density at radius 1 is 1.56 bits per heavy atom. The van der Waals surface area contributed by atoms with E-state index in [0.717, 1.165) is 43.5 Å². The number of halogens is 1. The molecule has 1 amide bonds. The van der Waals surface area contributed by atoms with E-state index in [1.54, 1.807) is 6.20 Å². The predicted molar refractivity (Wildman–Crippen MR) is 75.7 cm³/mol. The molecule has 100 valence electrons. The second kappa shape index (κ2) is 6.38. The Bertz CT molecular complexity index is 397. The molecule has 2 rings (SSSR count). The van der Waals surface area contributed by atoms with Crippen LogP contribution in [-0.2, 0) is 0 Å². The average Bonchev–Trinajstić information content (AvgIpc) is 2.83. The van der Waals surface area contributed by atoms with Crippen molar-refractivity contribution >= 4 is 21.8 Å². The van der Waals surface area contributed by atoms with Crippen molar-refractivity contribution in [3.63, 3.8) is 0 Å². The van der Waals surface area contributed by atoms with E-state index in [1.165, 1.54) is 0 Å². The molecule has 2 N–H and O–H groups in total. The maximum Gasteiger partial charge on any atom is 0.270 e. The van der Waals surface area contributed by atoms with Crippen LogP contribution >= 0.6 is 15.9 Å². The van der Waals surface area contributed by atoms with Gasteiger partial charge in [-0.25, -0.2) is 0 Å². The third-order valence-electron chi connectivity index (χ3n) is 3.46. The van der Waals surface area contributed by atoms with E-state index in [1.807, 2.05) is 11.0 Å². The number of nitrogens with zero attached hydrogens (tertiary/aromatic N) is 1. The normalized spacial score (nSPS) is 17.1. The molecule has 1 aliphatic rings. The molecule has 0 spiro atoms. The Balaban J connectivity index is 1.84. The van der Waals surface area contributed by atoms with Crippen LogP contribution in [0.15, 0.2) is 16.7 Å². The molecule has 1 saturated heterocycles. The molecule has 0 unspecified atom stereocenters. The van der Waals surface area contributed by atoms with Crippen molar-refractivity contribution in [2.24, 2.45) is 5.92 Å². The van der Waals surface area contributed by atoms with Gasteiger partial charge in [0.05, 0.1) is 0 Å².